The summed E-state index contributed by atoms with van der Waals surface area (Å²) in [6, 6.07) is 8.31. The SMILES string of the molecule is CCC(C/C(N)=N/O)Nc1ccccc1SC. The molecule has 0 saturated carbocycles. The van der Waals surface area contributed by atoms with Crippen LogP contribution in [0, 0.1) is 0 Å². The Morgan fingerprint density at radius 1 is 1.53 bits per heavy atom. The van der Waals surface area contributed by atoms with E-state index < -0.39 is 0 Å². The lowest BCUT2D eigenvalue weighted by Gasteiger charge is -2.19. The number of nitrogens with zero attached hydrogens (tertiary/aromatic N) is 1. The first-order chi connectivity index (χ1) is 8.21. The highest BCUT2D eigenvalue weighted by Crippen LogP contribution is 2.25. The van der Waals surface area contributed by atoms with Gasteiger partial charge in [0.15, 0.2) is 0 Å². The number of nitrogens with two attached hydrogens (primary N) is 1. The molecule has 17 heavy (non-hydrogen) atoms. The van der Waals surface area contributed by atoms with Gasteiger partial charge < -0.3 is 16.3 Å². The van der Waals surface area contributed by atoms with Crippen LogP contribution in [-0.4, -0.2) is 23.3 Å². The lowest BCUT2D eigenvalue weighted by atomic mass is 10.1. The Kier molecular flexibility index (Phi) is 5.69. The average Bonchev–Trinajstić information content (AvgIpc) is 2.38. The van der Waals surface area contributed by atoms with Crippen LogP contribution in [0.25, 0.3) is 0 Å². The van der Waals surface area contributed by atoms with E-state index in [9.17, 15) is 0 Å². The number of oxime groups is 1. The van der Waals surface area contributed by atoms with E-state index in [0.717, 1.165) is 12.1 Å². The second-order valence-electron chi connectivity index (χ2n) is 3.75. The lowest BCUT2D eigenvalue weighted by Crippen LogP contribution is -2.26. The van der Waals surface area contributed by atoms with E-state index in [-0.39, 0.29) is 11.9 Å². The maximum atomic E-state index is 8.58. The quantitative estimate of drug-likeness (QED) is 0.240. The molecule has 0 aromatic heterocycles. The Bertz CT molecular complexity index is 382. The van der Waals surface area contributed by atoms with Crippen LogP contribution in [0.1, 0.15) is 19.8 Å². The van der Waals surface area contributed by atoms with Gasteiger partial charge in [0.05, 0.1) is 0 Å². The Morgan fingerprint density at radius 2 is 2.24 bits per heavy atom. The van der Waals surface area contributed by atoms with Crippen molar-refractivity contribution < 1.29 is 5.21 Å². The standard InChI is InChI=1S/C12H19N3OS/c1-3-9(8-12(13)15-16)14-10-6-4-5-7-11(10)17-2/h4-7,9,14,16H,3,8H2,1-2H3,(H2,13,15). The molecule has 1 atom stereocenters. The predicted octanol–water partition coefficient (Wildman–Crippen LogP) is 2.74. The van der Waals surface area contributed by atoms with Crippen LogP contribution >= 0.6 is 11.8 Å². The summed E-state index contributed by atoms with van der Waals surface area (Å²) >= 11 is 1.70. The van der Waals surface area contributed by atoms with Gasteiger partial charge in [-0.3, -0.25) is 0 Å². The van der Waals surface area contributed by atoms with E-state index in [1.165, 1.54) is 4.90 Å². The Hall–Kier alpha value is -1.36. The van der Waals surface area contributed by atoms with E-state index in [0.29, 0.717) is 6.42 Å². The summed E-state index contributed by atoms with van der Waals surface area (Å²) in [5.41, 5.74) is 6.62. The monoisotopic (exact) mass is 253 g/mol. The van der Waals surface area contributed by atoms with E-state index in [2.05, 4.69) is 23.5 Å². The maximum absolute atomic E-state index is 8.58. The second-order valence-corrected chi connectivity index (χ2v) is 4.59. The Labute approximate surface area is 106 Å². The van der Waals surface area contributed by atoms with Gasteiger partial charge in [-0.25, -0.2) is 0 Å². The fraction of sp³-hybridized carbons (Fsp3) is 0.417. The van der Waals surface area contributed by atoms with E-state index in [1.54, 1.807) is 11.8 Å². The number of thioether (sulfide) groups is 1. The summed E-state index contributed by atoms with van der Waals surface area (Å²) in [7, 11) is 0. The van der Waals surface area contributed by atoms with Gasteiger partial charge >= 0.3 is 0 Å². The number of hydrogen-bond donors (Lipinski definition) is 3. The number of rotatable bonds is 6. The molecule has 94 valence electrons. The van der Waals surface area contributed by atoms with Crippen molar-refractivity contribution in [2.45, 2.75) is 30.7 Å². The molecule has 0 aliphatic carbocycles. The van der Waals surface area contributed by atoms with Gasteiger partial charge in [0.2, 0.25) is 0 Å². The first-order valence-electron chi connectivity index (χ1n) is 5.57. The second kappa shape index (κ2) is 7.06. The van der Waals surface area contributed by atoms with Gasteiger partial charge in [-0.1, -0.05) is 24.2 Å². The molecular formula is C12H19N3OS. The molecule has 0 saturated heterocycles. The van der Waals surface area contributed by atoms with Crippen LogP contribution in [0.5, 0.6) is 0 Å². The van der Waals surface area contributed by atoms with Gasteiger partial charge in [0.1, 0.15) is 5.84 Å². The van der Waals surface area contributed by atoms with Crippen LogP contribution in [0.3, 0.4) is 0 Å². The third-order valence-electron chi connectivity index (χ3n) is 2.54. The van der Waals surface area contributed by atoms with Crippen molar-refractivity contribution in [3.05, 3.63) is 24.3 Å². The first kappa shape index (κ1) is 13.7. The number of benzene rings is 1. The summed E-state index contributed by atoms with van der Waals surface area (Å²) in [6.07, 6.45) is 3.50. The molecule has 0 spiro atoms. The molecule has 0 aliphatic heterocycles. The molecular weight excluding hydrogens is 234 g/mol. The summed E-state index contributed by atoms with van der Waals surface area (Å²) in [4.78, 5) is 1.20. The molecule has 1 unspecified atom stereocenters. The number of amidine groups is 1. The number of nitrogens with one attached hydrogen (secondary N) is 1. The topological polar surface area (TPSA) is 70.6 Å². The summed E-state index contributed by atoms with van der Waals surface area (Å²) in [5, 5.41) is 15.0. The zero-order valence-corrected chi connectivity index (χ0v) is 11.0. The largest absolute Gasteiger partial charge is 0.409 e. The molecule has 1 aromatic carbocycles. The zero-order valence-electron chi connectivity index (χ0n) is 10.2. The molecule has 4 N–H and O–H groups in total. The van der Waals surface area contributed by atoms with Crippen molar-refractivity contribution in [1.82, 2.24) is 0 Å². The van der Waals surface area contributed by atoms with Gasteiger partial charge in [0.25, 0.3) is 0 Å². The molecule has 4 nitrogen and oxygen atoms in total. The summed E-state index contributed by atoms with van der Waals surface area (Å²) in [5.74, 6) is 0.256. The number of anilines is 1. The van der Waals surface area contributed by atoms with E-state index >= 15 is 0 Å². The normalized spacial score (nSPS) is 13.4. The van der Waals surface area contributed by atoms with Crippen LogP contribution in [0.4, 0.5) is 5.69 Å². The Balaban J connectivity index is 2.73. The van der Waals surface area contributed by atoms with Crippen LogP contribution in [0.2, 0.25) is 0 Å². The highest BCUT2D eigenvalue weighted by atomic mass is 32.2. The van der Waals surface area contributed by atoms with Gasteiger partial charge in [-0.15, -0.1) is 11.8 Å². The minimum atomic E-state index is 0.180. The number of hydrogen-bond acceptors (Lipinski definition) is 4. The molecule has 0 amide bonds. The zero-order chi connectivity index (χ0) is 12.7. The minimum absolute atomic E-state index is 0.180. The third kappa shape index (κ3) is 4.19. The summed E-state index contributed by atoms with van der Waals surface area (Å²) in [6.45, 7) is 2.07. The molecule has 5 heteroatoms. The highest BCUT2D eigenvalue weighted by molar-refractivity contribution is 7.98. The summed E-state index contributed by atoms with van der Waals surface area (Å²) < 4.78 is 0. The van der Waals surface area contributed by atoms with Crippen LogP contribution < -0.4 is 11.1 Å². The van der Waals surface area contributed by atoms with Crippen molar-refractivity contribution >= 4 is 23.3 Å². The number of para-hydroxylation sites is 1. The molecule has 0 fully saturated rings. The molecule has 1 rings (SSSR count). The van der Waals surface area contributed by atoms with Crippen molar-refractivity contribution in [2.75, 3.05) is 11.6 Å². The molecule has 0 aliphatic rings. The van der Waals surface area contributed by atoms with Crippen molar-refractivity contribution in [1.29, 1.82) is 0 Å². The third-order valence-corrected chi connectivity index (χ3v) is 3.34. The molecule has 0 bridgehead atoms. The molecule has 1 aromatic rings. The first-order valence-corrected chi connectivity index (χ1v) is 6.79. The van der Waals surface area contributed by atoms with E-state index in [1.807, 2.05) is 24.5 Å². The smallest absolute Gasteiger partial charge is 0.141 e. The van der Waals surface area contributed by atoms with Crippen molar-refractivity contribution in [3.8, 4) is 0 Å². The lowest BCUT2D eigenvalue weighted by molar-refractivity contribution is 0.316. The molecule has 0 heterocycles. The van der Waals surface area contributed by atoms with Crippen LogP contribution in [0.15, 0.2) is 34.3 Å². The van der Waals surface area contributed by atoms with Crippen LogP contribution in [-0.2, 0) is 0 Å². The Morgan fingerprint density at radius 3 is 2.82 bits per heavy atom. The highest BCUT2D eigenvalue weighted by Gasteiger charge is 2.10. The fourth-order valence-corrected chi connectivity index (χ4v) is 2.14. The average molecular weight is 253 g/mol. The minimum Gasteiger partial charge on any atom is -0.409 e. The predicted molar refractivity (Wildman–Crippen MR) is 74.0 cm³/mol. The van der Waals surface area contributed by atoms with E-state index in [4.69, 9.17) is 10.9 Å². The maximum Gasteiger partial charge on any atom is 0.141 e. The van der Waals surface area contributed by atoms with Crippen molar-refractivity contribution in [2.24, 2.45) is 10.9 Å². The molecule has 0 radical (unpaired) electrons. The van der Waals surface area contributed by atoms with Gasteiger partial charge in [-0.05, 0) is 24.8 Å². The van der Waals surface area contributed by atoms with Crippen molar-refractivity contribution in [3.63, 3.8) is 0 Å². The van der Waals surface area contributed by atoms with Gasteiger partial charge in [-0.2, -0.15) is 0 Å². The fourth-order valence-electron chi connectivity index (χ4n) is 1.57. The van der Waals surface area contributed by atoms with Gasteiger partial charge in [0, 0.05) is 23.0 Å².